The number of hydrogen-bond acceptors (Lipinski definition) is 4. The van der Waals surface area contributed by atoms with Crippen molar-refractivity contribution in [3.8, 4) is 5.75 Å². The van der Waals surface area contributed by atoms with E-state index in [-0.39, 0.29) is 21.6 Å². The van der Waals surface area contributed by atoms with Crippen LogP contribution in [0.3, 0.4) is 0 Å². The molecule has 8 heteroatoms. The molecule has 5 nitrogen and oxygen atoms in total. The number of hydrogen-bond donors (Lipinski definition) is 2. The molecule has 0 atom stereocenters. The number of carbonyl (C=O) groups is 1. The molecule has 0 bridgehead atoms. The Hall–Kier alpha value is -1.92. The van der Waals surface area contributed by atoms with Crippen LogP contribution in [0.5, 0.6) is 5.75 Å². The average Bonchev–Trinajstić information content (AvgIpc) is 2.34. The van der Waals surface area contributed by atoms with Crippen LogP contribution in [0.1, 0.15) is 10.4 Å². The monoisotopic (exact) mass is 301 g/mol. The van der Waals surface area contributed by atoms with Gasteiger partial charge in [0.2, 0.25) is 0 Å². The summed E-state index contributed by atoms with van der Waals surface area (Å²) in [6, 6.07) is 3.00. The van der Waals surface area contributed by atoms with Gasteiger partial charge >= 0.3 is 0 Å². The van der Waals surface area contributed by atoms with E-state index in [1.54, 1.807) is 0 Å². The number of anilines is 1. The van der Waals surface area contributed by atoms with E-state index < -0.39 is 17.5 Å². The highest BCUT2D eigenvalue weighted by molar-refractivity contribution is 6.43. The fourth-order valence-electron chi connectivity index (χ4n) is 1.31. The smallest absolute Gasteiger partial charge is 0.260 e. The molecule has 98 valence electrons. The van der Waals surface area contributed by atoms with Crippen LogP contribution in [0, 0.1) is 5.82 Å². The molecule has 0 unspecified atom stereocenters. The number of halogens is 3. The highest BCUT2D eigenvalue weighted by Crippen LogP contribution is 2.26. The molecule has 0 aliphatic carbocycles. The SMILES string of the molecule is O=C(Nc1ncnc(Cl)c1Cl)c1ccc(F)cc1O. The van der Waals surface area contributed by atoms with Gasteiger partial charge in [0.25, 0.3) is 5.91 Å². The number of aromatic hydroxyl groups is 1. The van der Waals surface area contributed by atoms with Crippen molar-refractivity contribution < 1.29 is 14.3 Å². The third-order valence-electron chi connectivity index (χ3n) is 2.18. The molecular weight excluding hydrogens is 296 g/mol. The topological polar surface area (TPSA) is 75.1 Å². The second kappa shape index (κ2) is 5.38. The lowest BCUT2D eigenvalue weighted by atomic mass is 10.2. The minimum absolute atomic E-state index is 0.00427. The maximum absolute atomic E-state index is 12.8. The van der Waals surface area contributed by atoms with Crippen LogP contribution in [0.4, 0.5) is 10.2 Å². The molecule has 0 saturated carbocycles. The largest absolute Gasteiger partial charge is 0.507 e. The molecular formula is C11H6Cl2FN3O2. The number of amides is 1. The summed E-state index contributed by atoms with van der Waals surface area (Å²) in [6.45, 7) is 0. The van der Waals surface area contributed by atoms with Gasteiger partial charge in [-0.05, 0) is 12.1 Å². The molecule has 0 spiro atoms. The molecule has 1 aromatic carbocycles. The summed E-state index contributed by atoms with van der Waals surface area (Å²) in [5.74, 6) is -1.85. The molecule has 0 saturated heterocycles. The lowest BCUT2D eigenvalue weighted by Crippen LogP contribution is -2.14. The maximum atomic E-state index is 12.8. The fourth-order valence-corrected chi connectivity index (χ4v) is 1.59. The first kappa shape index (κ1) is 13.5. The lowest BCUT2D eigenvalue weighted by molar-refractivity contribution is 0.102. The number of aromatic nitrogens is 2. The van der Waals surface area contributed by atoms with Crippen molar-refractivity contribution in [2.45, 2.75) is 0 Å². The predicted octanol–water partition coefficient (Wildman–Crippen LogP) is 2.88. The van der Waals surface area contributed by atoms with E-state index in [1.165, 1.54) is 0 Å². The van der Waals surface area contributed by atoms with Crippen LogP contribution >= 0.6 is 23.2 Å². The van der Waals surface area contributed by atoms with E-state index in [1.807, 2.05) is 0 Å². The Balaban J connectivity index is 2.28. The molecule has 0 radical (unpaired) electrons. The normalized spacial score (nSPS) is 10.3. The number of carbonyl (C=O) groups excluding carboxylic acids is 1. The molecule has 1 amide bonds. The Kier molecular flexibility index (Phi) is 3.82. The Morgan fingerprint density at radius 3 is 2.74 bits per heavy atom. The second-order valence-corrected chi connectivity index (χ2v) is 4.18. The number of nitrogens with zero attached hydrogens (tertiary/aromatic N) is 2. The number of phenolic OH excluding ortho intramolecular Hbond substituents is 1. The van der Waals surface area contributed by atoms with Gasteiger partial charge in [-0.3, -0.25) is 4.79 Å². The summed E-state index contributed by atoms with van der Waals surface area (Å²) in [5, 5.41) is 11.8. The third kappa shape index (κ3) is 2.91. The van der Waals surface area contributed by atoms with E-state index >= 15 is 0 Å². The van der Waals surface area contributed by atoms with Crippen LogP contribution < -0.4 is 5.32 Å². The minimum Gasteiger partial charge on any atom is -0.507 e. The molecule has 19 heavy (non-hydrogen) atoms. The van der Waals surface area contributed by atoms with Gasteiger partial charge in [0.05, 0.1) is 5.56 Å². The minimum atomic E-state index is -0.700. The van der Waals surface area contributed by atoms with Gasteiger partial charge in [0, 0.05) is 6.07 Å². The summed E-state index contributed by atoms with van der Waals surface area (Å²) >= 11 is 11.5. The third-order valence-corrected chi connectivity index (χ3v) is 2.92. The first-order valence-corrected chi connectivity index (χ1v) is 5.70. The highest BCUT2D eigenvalue weighted by Gasteiger charge is 2.15. The molecule has 2 N–H and O–H groups in total. The first-order valence-electron chi connectivity index (χ1n) is 4.95. The molecule has 1 heterocycles. The van der Waals surface area contributed by atoms with Crippen LogP contribution in [0.15, 0.2) is 24.5 Å². The molecule has 0 aliphatic heterocycles. The Morgan fingerprint density at radius 1 is 1.32 bits per heavy atom. The maximum Gasteiger partial charge on any atom is 0.260 e. The van der Waals surface area contributed by atoms with Crippen LogP contribution in [0.2, 0.25) is 10.2 Å². The van der Waals surface area contributed by atoms with Crippen molar-refractivity contribution in [3.63, 3.8) is 0 Å². The number of phenols is 1. The quantitative estimate of drug-likeness (QED) is 0.836. The zero-order chi connectivity index (χ0) is 14.0. The van der Waals surface area contributed by atoms with E-state index in [0.29, 0.717) is 0 Å². The van der Waals surface area contributed by atoms with Gasteiger partial charge in [-0.25, -0.2) is 14.4 Å². The summed E-state index contributed by atoms with van der Waals surface area (Å²) in [6.07, 6.45) is 1.12. The summed E-state index contributed by atoms with van der Waals surface area (Å²) in [4.78, 5) is 19.2. The van der Waals surface area contributed by atoms with E-state index in [0.717, 1.165) is 24.5 Å². The molecule has 1 aromatic heterocycles. The molecule has 0 fully saturated rings. The van der Waals surface area contributed by atoms with Crippen molar-refractivity contribution in [3.05, 3.63) is 46.1 Å². The molecule has 2 rings (SSSR count). The van der Waals surface area contributed by atoms with Crippen molar-refractivity contribution in [2.75, 3.05) is 5.32 Å². The van der Waals surface area contributed by atoms with Gasteiger partial charge in [0.1, 0.15) is 22.9 Å². The average molecular weight is 302 g/mol. The highest BCUT2D eigenvalue weighted by atomic mass is 35.5. The van der Waals surface area contributed by atoms with E-state index in [4.69, 9.17) is 23.2 Å². The summed E-state index contributed by atoms with van der Waals surface area (Å²) in [7, 11) is 0. The van der Waals surface area contributed by atoms with Gasteiger partial charge in [0.15, 0.2) is 11.0 Å². The van der Waals surface area contributed by atoms with E-state index in [9.17, 15) is 14.3 Å². The van der Waals surface area contributed by atoms with Crippen LogP contribution in [-0.4, -0.2) is 21.0 Å². The Morgan fingerprint density at radius 2 is 2.05 bits per heavy atom. The van der Waals surface area contributed by atoms with Gasteiger partial charge in [-0.2, -0.15) is 0 Å². The van der Waals surface area contributed by atoms with Gasteiger partial charge in [-0.1, -0.05) is 23.2 Å². The zero-order valence-corrected chi connectivity index (χ0v) is 10.7. The standard InChI is InChI=1S/C11H6Cl2FN3O2/c12-8-9(13)15-4-16-10(8)17-11(19)6-2-1-5(14)3-7(6)18/h1-4,18H,(H,15,16,17,19). The Labute approximate surface area is 117 Å². The molecule has 0 aliphatic rings. The Bertz CT molecular complexity index is 652. The van der Waals surface area contributed by atoms with Crippen molar-refractivity contribution in [1.82, 2.24) is 9.97 Å². The van der Waals surface area contributed by atoms with Crippen molar-refractivity contribution >= 4 is 34.9 Å². The first-order chi connectivity index (χ1) is 8.99. The van der Waals surface area contributed by atoms with Gasteiger partial charge in [-0.15, -0.1) is 0 Å². The predicted molar refractivity (Wildman–Crippen MR) is 68.1 cm³/mol. The van der Waals surface area contributed by atoms with Gasteiger partial charge < -0.3 is 10.4 Å². The summed E-state index contributed by atoms with van der Waals surface area (Å²) in [5.41, 5.74) is -0.118. The number of nitrogens with one attached hydrogen (secondary N) is 1. The zero-order valence-electron chi connectivity index (χ0n) is 9.19. The fraction of sp³-hybridized carbons (Fsp3) is 0. The van der Waals surface area contributed by atoms with Crippen LogP contribution in [-0.2, 0) is 0 Å². The second-order valence-electron chi connectivity index (χ2n) is 3.44. The number of benzene rings is 1. The molecule has 2 aromatic rings. The van der Waals surface area contributed by atoms with E-state index in [2.05, 4.69) is 15.3 Å². The lowest BCUT2D eigenvalue weighted by Gasteiger charge is -2.07. The summed E-state index contributed by atoms with van der Waals surface area (Å²) < 4.78 is 12.8. The number of rotatable bonds is 2. The van der Waals surface area contributed by atoms with Crippen molar-refractivity contribution in [1.29, 1.82) is 0 Å². The van der Waals surface area contributed by atoms with Crippen molar-refractivity contribution in [2.24, 2.45) is 0 Å². The van der Waals surface area contributed by atoms with Crippen LogP contribution in [0.25, 0.3) is 0 Å².